The maximum atomic E-state index is 11.9. The maximum absolute atomic E-state index is 11.9. The molecule has 24 heavy (non-hydrogen) atoms. The van der Waals surface area contributed by atoms with E-state index in [0.29, 0.717) is 13.1 Å². The lowest BCUT2D eigenvalue weighted by Gasteiger charge is -2.29. The van der Waals surface area contributed by atoms with E-state index in [2.05, 4.69) is 16.7 Å². The van der Waals surface area contributed by atoms with Crippen LogP contribution in [0, 0.1) is 0 Å². The van der Waals surface area contributed by atoms with Gasteiger partial charge in [-0.3, -0.25) is 9.59 Å². The second-order valence-corrected chi connectivity index (χ2v) is 6.65. The summed E-state index contributed by atoms with van der Waals surface area (Å²) in [5.41, 5.74) is 1.25. The summed E-state index contributed by atoms with van der Waals surface area (Å²) in [5.74, 6) is -0.203. The van der Waals surface area contributed by atoms with Gasteiger partial charge in [0.2, 0.25) is 5.91 Å². The van der Waals surface area contributed by atoms with E-state index in [0.717, 1.165) is 37.7 Å². The van der Waals surface area contributed by atoms with Crippen LogP contribution in [0.4, 0.5) is 0 Å². The highest BCUT2D eigenvalue weighted by molar-refractivity contribution is 6.30. The molecule has 0 aliphatic carbocycles. The van der Waals surface area contributed by atoms with Crippen molar-refractivity contribution in [2.75, 3.05) is 45.8 Å². The third kappa shape index (κ3) is 6.47. The lowest BCUT2D eigenvalue weighted by Crippen LogP contribution is -3.28. The molecule has 0 aromatic heterocycles. The minimum absolute atomic E-state index is 0.0606. The lowest BCUT2D eigenvalue weighted by molar-refractivity contribution is -1.02. The number of amides is 2. The van der Waals surface area contributed by atoms with E-state index in [1.165, 1.54) is 15.4 Å². The Balaban J connectivity index is 1.67. The molecule has 0 atom stereocenters. The van der Waals surface area contributed by atoms with Gasteiger partial charge in [0, 0.05) is 17.1 Å². The highest BCUT2D eigenvalue weighted by Crippen LogP contribution is 2.09. The number of hydrogen-bond donors (Lipinski definition) is 4. The Labute approximate surface area is 148 Å². The summed E-state index contributed by atoms with van der Waals surface area (Å²) in [6, 6.07) is 8.00. The number of nitrogens with one attached hydrogen (secondary N) is 4. The van der Waals surface area contributed by atoms with Gasteiger partial charge < -0.3 is 20.4 Å². The Bertz CT molecular complexity index is 559. The van der Waals surface area contributed by atoms with E-state index in [-0.39, 0.29) is 18.4 Å². The molecule has 1 aromatic rings. The fourth-order valence-corrected chi connectivity index (χ4v) is 3.19. The number of hydrogen-bond acceptors (Lipinski definition) is 2. The molecule has 1 aliphatic rings. The molecule has 0 bridgehead atoms. The smallest absolute Gasteiger partial charge is 0.275 e. The highest BCUT2D eigenvalue weighted by Gasteiger charge is 2.24. The van der Waals surface area contributed by atoms with E-state index in [1.807, 2.05) is 25.1 Å². The van der Waals surface area contributed by atoms with Gasteiger partial charge in [-0.1, -0.05) is 23.7 Å². The number of quaternary nitrogens is 2. The summed E-state index contributed by atoms with van der Waals surface area (Å²) in [6.07, 6.45) is 0. The van der Waals surface area contributed by atoms with Crippen LogP contribution >= 0.6 is 11.6 Å². The minimum Gasteiger partial charge on any atom is -0.355 e. The standard InChI is InChI=1S/C17H25ClN4O2/c1-2-19-16(23)11-20-17(24)13-22-8-6-21(7-9-22)12-14-4-3-5-15(18)10-14/h3-5,10H,2,6-9,11-13H2,1H3,(H,19,23)(H,20,24)/p+2. The molecule has 0 spiro atoms. The van der Waals surface area contributed by atoms with E-state index in [1.54, 1.807) is 0 Å². The maximum Gasteiger partial charge on any atom is 0.275 e. The monoisotopic (exact) mass is 354 g/mol. The lowest BCUT2D eigenvalue weighted by atomic mass is 10.2. The van der Waals surface area contributed by atoms with Gasteiger partial charge in [0.15, 0.2) is 6.54 Å². The number of piperazine rings is 1. The van der Waals surface area contributed by atoms with Crippen LogP contribution in [0.2, 0.25) is 5.02 Å². The third-order valence-corrected chi connectivity index (χ3v) is 4.47. The zero-order chi connectivity index (χ0) is 17.4. The van der Waals surface area contributed by atoms with Crippen LogP contribution in [0.25, 0.3) is 0 Å². The largest absolute Gasteiger partial charge is 0.355 e. The molecule has 1 saturated heterocycles. The molecule has 2 rings (SSSR count). The molecule has 132 valence electrons. The van der Waals surface area contributed by atoms with Crippen molar-refractivity contribution in [1.29, 1.82) is 0 Å². The number of halogens is 1. The van der Waals surface area contributed by atoms with Gasteiger partial charge in [0.1, 0.15) is 32.7 Å². The predicted octanol–water partition coefficient (Wildman–Crippen LogP) is -2.12. The molecule has 7 heteroatoms. The molecular weight excluding hydrogens is 328 g/mol. The summed E-state index contributed by atoms with van der Waals surface area (Å²) < 4.78 is 0. The Morgan fingerprint density at radius 1 is 1.08 bits per heavy atom. The van der Waals surface area contributed by atoms with E-state index in [4.69, 9.17) is 11.6 Å². The number of carbonyl (C=O) groups is 2. The molecule has 0 saturated carbocycles. The van der Waals surface area contributed by atoms with Crippen molar-refractivity contribution in [2.24, 2.45) is 0 Å². The van der Waals surface area contributed by atoms with Crippen molar-refractivity contribution in [3.8, 4) is 0 Å². The molecule has 1 heterocycles. The van der Waals surface area contributed by atoms with Gasteiger partial charge in [-0.25, -0.2) is 0 Å². The van der Waals surface area contributed by atoms with Gasteiger partial charge in [-0.15, -0.1) is 0 Å². The van der Waals surface area contributed by atoms with Crippen molar-refractivity contribution in [3.63, 3.8) is 0 Å². The average molecular weight is 355 g/mol. The predicted molar refractivity (Wildman–Crippen MR) is 93.1 cm³/mol. The summed E-state index contributed by atoms with van der Waals surface area (Å²) >= 11 is 6.03. The summed E-state index contributed by atoms with van der Waals surface area (Å²) in [7, 11) is 0. The normalized spacial score (nSPS) is 20.4. The van der Waals surface area contributed by atoms with E-state index >= 15 is 0 Å². The molecule has 1 aliphatic heterocycles. The first-order valence-corrected chi connectivity index (χ1v) is 8.89. The average Bonchev–Trinajstić information content (AvgIpc) is 2.55. The highest BCUT2D eigenvalue weighted by atomic mass is 35.5. The zero-order valence-corrected chi connectivity index (χ0v) is 14.9. The Kier molecular flexibility index (Phi) is 7.49. The first-order chi connectivity index (χ1) is 11.6. The van der Waals surface area contributed by atoms with Crippen LogP contribution in [0.5, 0.6) is 0 Å². The van der Waals surface area contributed by atoms with Gasteiger partial charge in [0.05, 0.1) is 6.54 Å². The SMILES string of the molecule is CCNC(=O)CNC(=O)C[NH+]1CC[NH+](Cc2cccc(Cl)c2)CC1. The second kappa shape index (κ2) is 9.61. The fourth-order valence-electron chi connectivity index (χ4n) is 2.97. The van der Waals surface area contributed by atoms with E-state index in [9.17, 15) is 9.59 Å². The Hall–Kier alpha value is -1.63. The van der Waals surface area contributed by atoms with Gasteiger partial charge >= 0.3 is 0 Å². The van der Waals surface area contributed by atoms with Crippen molar-refractivity contribution in [1.82, 2.24) is 10.6 Å². The van der Waals surface area contributed by atoms with Crippen molar-refractivity contribution < 1.29 is 19.4 Å². The zero-order valence-electron chi connectivity index (χ0n) is 14.2. The summed E-state index contributed by atoms with van der Waals surface area (Å²) in [6.45, 7) is 7.89. The number of likely N-dealkylation sites (N-methyl/N-ethyl adjacent to an activating group) is 1. The van der Waals surface area contributed by atoms with Crippen molar-refractivity contribution in [2.45, 2.75) is 13.5 Å². The topological polar surface area (TPSA) is 67.1 Å². The van der Waals surface area contributed by atoms with Crippen molar-refractivity contribution >= 4 is 23.4 Å². The van der Waals surface area contributed by atoms with Crippen LogP contribution in [-0.4, -0.2) is 57.6 Å². The van der Waals surface area contributed by atoms with Crippen LogP contribution in [0.1, 0.15) is 12.5 Å². The molecule has 0 unspecified atom stereocenters. The minimum atomic E-state index is -0.142. The summed E-state index contributed by atoms with van der Waals surface area (Å²) in [4.78, 5) is 26.0. The number of benzene rings is 1. The molecule has 4 N–H and O–H groups in total. The Morgan fingerprint density at radius 2 is 1.79 bits per heavy atom. The quantitative estimate of drug-likeness (QED) is 0.452. The van der Waals surface area contributed by atoms with Gasteiger partial charge in [-0.05, 0) is 19.1 Å². The molecule has 6 nitrogen and oxygen atoms in total. The molecule has 1 aromatic carbocycles. The van der Waals surface area contributed by atoms with Gasteiger partial charge in [0.25, 0.3) is 5.91 Å². The van der Waals surface area contributed by atoms with Crippen LogP contribution < -0.4 is 20.4 Å². The number of rotatable bonds is 7. The number of carbonyl (C=O) groups excluding carboxylic acids is 2. The van der Waals surface area contributed by atoms with E-state index < -0.39 is 0 Å². The van der Waals surface area contributed by atoms with Crippen LogP contribution in [0.3, 0.4) is 0 Å². The Morgan fingerprint density at radius 3 is 2.46 bits per heavy atom. The molecule has 2 amide bonds. The molecule has 0 radical (unpaired) electrons. The van der Waals surface area contributed by atoms with Crippen molar-refractivity contribution in [3.05, 3.63) is 34.9 Å². The second-order valence-electron chi connectivity index (χ2n) is 6.21. The first-order valence-electron chi connectivity index (χ1n) is 8.51. The summed E-state index contributed by atoms with van der Waals surface area (Å²) in [5, 5.41) is 6.12. The molecule has 1 fully saturated rings. The fraction of sp³-hybridized carbons (Fsp3) is 0.529. The van der Waals surface area contributed by atoms with Crippen LogP contribution in [0.15, 0.2) is 24.3 Å². The van der Waals surface area contributed by atoms with Gasteiger partial charge in [-0.2, -0.15) is 0 Å². The first kappa shape index (κ1) is 18.7. The third-order valence-electron chi connectivity index (χ3n) is 4.24. The molecular formula is C17H27ClN4O2+2. The van der Waals surface area contributed by atoms with Crippen LogP contribution in [-0.2, 0) is 16.1 Å².